The van der Waals surface area contributed by atoms with Crippen molar-refractivity contribution in [1.29, 1.82) is 0 Å². The minimum Gasteiger partial charge on any atom is -0.451 e. The lowest BCUT2D eigenvalue weighted by Crippen LogP contribution is -2.48. The molecule has 2 atom stereocenters. The Morgan fingerprint density at radius 3 is 2.11 bits per heavy atom. The molecule has 0 spiro atoms. The molecule has 2 amide bonds. The number of carbonyl (C=O) groups excluding carboxylic acids is 3. The van der Waals surface area contributed by atoms with Crippen LogP contribution in [0.5, 0.6) is 0 Å². The van der Waals surface area contributed by atoms with Crippen molar-refractivity contribution in [2.45, 2.75) is 58.6 Å². The average Bonchev–Trinajstić information content (AvgIpc) is 2.95. The van der Waals surface area contributed by atoms with Crippen LogP contribution < -0.4 is 5.32 Å². The van der Waals surface area contributed by atoms with Crippen molar-refractivity contribution in [3.8, 4) is 0 Å². The molecule has 0 saturated carbocycles. The maximum Gasteiger partial charge on any atom is 0.329 e. The average molecular weight is 374 g/mol. The van der Waals surface area contributed by atoms with Crippen LogP contribution in [-0.2, 0) is 14.3 Å². The molecule has 148 valence electrons. The van der Waals surface area contributed by atoms with Crippen molar-refractivity contribution in [2.24, 2.45) is 5.92 Å². The van der Waals surface area contributed by atoms with Crippen LogP contribution in [0.2, 0.25) is 0 Å². The molecular formula is C21H30N2O4. The van der Waals surface area contributed by atoms with E-state index in [0.717, 1.165) is 25.7 Å². The van der Waals surface area contributed by atoms with Crippen LogP contribution in [0.4, 0.5) is 0 Å². The molecule has 1 N–H and O–H groups in total. The Hall–Kier alpha value is -2.37. The van der Waals surface area contributed by atoms with Gasteiger partial charge in [0.15, 0.2) is 6.10 Å². The van der Waals surface area contributed by atoms with Crippen LogP contribution >= 0.6 is 0 Å². The van der Waals surface area contributed by atoms with Gasteiger partial charge in [-0.15, -0.1) is 0 Å². The normalized spacial score (nSPS) is 17.0. The highest BCUT2D eigenvalue weighted by molar-refractivity contribution is 5.97. The first-order chi connectivity index (χ1) is 12.9. The summed E-state index contributed by atoms with van der Waals surface area (Å²) in [6.07, 6.45) is 3.35. The molecule has 2 rings (SSSR count). The minimum atomic E-state index is -0.856. The topological polar surface area (TPSA) is 75.7 Å². The summed E-state index contributed by atoms with van der Waals surface area (Å²) in [6, 6.07) is 7.91. The molecule has 1 aromatic rings. The summed E-state index contributed by atoms with van der Waals surface area (Å²) in [5, 5.41) is 2.73. The Balaban J connectivity index is 1.97. The van der Waals surface area contributed by atoms with Gasteiger partial charge < -0.3 is 15.0 Å². The summed E-state index contributed by atoms with van der Waals surface area (Å²) in [5.41, 5.74) is 0.477. The Morgan fingerprint density at radius 2 is 1.56 bits per heavy atom. The smallest absolute Gasteiger partial charge is 0.329 e. The van der Waals surface area contributed by atoms with Gasteiger partial charge in [-0.2, -0.15) is 0 Å². The van der Waals surface area contributed by atoms with Gasteiger partial charge in [0.2, 0.25) is 0 Å². The van der Waals surface area contributed by atoms with Crippen molar-refractivity contribution in [2.75, 3.05) is 13.1 Å². The van der Waals surface area contributed by atoms with Crippen LogP contribution in [0, 0.1) is 5.92 Å². The lowest BCUT2D eigenvalue weighted by molar-refractivity contribution is -0.161. The van der Waals surface area contributed by atoms with Gasteiger partial charge in [-0.1, -0.05) is 44.9 Å². The molecule has 1 saturated heterocycles. The first-order valence-corrected chi connectivity index (χ1v) is 9.75. The maximum atomic E-state index is 12.6. The largest absolute Gasteiger partial charge is 0.451 e. The quantitative estimate of drug-likeness (QED) is 0.777. The van der Waals surface area contributed by atoms with E-state index in [1.807, 2.05) is 19.9 Å². The van der Waals surface area contributed by atoms with Crippen LogP contribution in [0.3, 0.4) is 0 Å². The zero-order valence-electron chi connectivity index (χ0n) is 16.4. The van der Waals surface area contributed by atoms with Crippen molar-refractivity contribution < 1.29 is 19.1 Å². The molecule has 0 aromatic heterocycles. The molecule has 1 aliphatic heterocycles. The van der Waals surface area contributed by atoms with Crippen molar-refractivity contribution in [3.63, 3.8) is 0 Å². The molecule has 1 aliphatic rings. The second-order valence-electron chi connectivity index (χ2n) is 7.38. The standard InChI is InChI=1S/C21H30N2O4/c1-15(2)18(22-19(24)17-11-7-6-8-12-17)21(26)27-16(3)20(25)23-13-9-4-5-10-14-23/h6-8,11-12,15-16,18H,4-5,9-10,13-14H2,1-3H3,(H,22,24)/t16?,18-/m0/s1. The number of rotatable bonds is 6. The number of carbonyl (C=O) groups is 3. The van der Waals surface area contributed by atoms with Gasteiger partial charge in [-0.3, -0.25) is 9.59 Å². The zero-order valence-corrected chi connectivity index (χ0v) is 16.4. The summed E-state index contributed by atoms with van der Waals surface area (Å²) >= 11 is 0. The highest BCUT2D eigenvalue weighted by atomic mass is 16.5. The third kappa shape index (κ3) is 6.08. The number of hydrogen-bond donors (Lipinski definition) is 1. The summed E-state index contributed by atoms with van der Waals surface area (Å²) in [7, 11) is 0. The fraction of sp³-hybridized carbons (Fsp3) is 0.571. The van der Waals surface area contributed by atoms with E-state index in [1.165, 1.54) is 0 Å². The molecule has 0 bridgehead atoms. The van der Waals surface area contributed by atoms with Gasteiger partial charge in [0.25, 0.3) is 11.8 Å². The van der Waals surface area contributed by atoms with Gasteiger partial charge in [0, 0.05) is 18.7 Å². The first-order valence-electron chi connectivity index (χ1n) is 9.75. The lowest BCUT2D eigenvalue weighted by Gasteiger charge is -2.26. The third-order valence-corrected chi connectivity index (χ3v) is 4.80. The van der Waals surface area contributed by atoms with E-state index < -0.39 is 18.1 Å². The van der Waals surface area contributed by atoms with Crippen molar-refractivity contribution in [3.05, 3.63) is 35.9 Å². The third-order valence-electron chi connectivity index (χ3n) is 4.80. The number of likely N-dealkylation sites (tertiary alicyclic amines) is 1. The van der Waals surface area contributed by atoms with Crippen molar-refractivity contribution in [1.82, 2.24) is 10.2 Å². The Bertz CT molecular complexity index is 637. The summed E-state index contributed by atoms with van der Waals surface area (Å²) < 4.78 is 5.42. The van der Waals surface area contributed by atoms with E-state index in [2.05, 4.69) is 5.32 Å². The number of ether oxygens (including phenoxy) is 1. The highest BCUT2D eigenvalue weighted by Gasteiger charge is 2.31. The minimum absolute atomic E-state index is 0.161. The van der Waals surface area contributed by atoms with E-state index in [-0.39, 0.29) is 17.7 Å². The monoisotopic (exact) mass is 374 g/mol. The van der Waals surface area contributed by atoms with E-state index in [1.54, 1.807) is 36.1 Å². The van der Waals surface area contributed by atoms with Gasteiger partial charge in [-0.05, 0) is 37.8 Å². The molecule has 6 nitrogen and oxygen atoms in total. The molecule has 0 radical (unpaired) electrons. The van der Waals surface area contributed by atoms with E-state index in [9.17, 15) is 14.4 Å². The summed E-state index contributed by atoms with van der Waals surface area (Å²) in [5.74, 6) is -1.24. The summed E-state index contributed by atoms with van der Waals surface area (Å²) in [6.45, 7) is 6.68. The van der Waals surface area contributed by atoms with Crippen LogP contribution in [-0.4, -0.2) is 47.9 Å². The Kier molecular flexibility index (Phi) is 7.82. The van der Waals surface area contributed by atoms with Gasteiger partial charge in [0.05, 0.1) is 0 Å². The predicted molar refractivity (Wildman–Crippen MR) is 103 cm³/mol. The molecular weight excluding hydrogens is 344 g/mol. The number of nitrogens with one attached hydrogen (secondary N) is 1. The van der Waals surface area contributed by atoms with E-state index >= 15 is 0 Å². The van der Waals surface area contributed by atoms with Gasteiger partial charge in [0.1, 0.15) is 6.04 Å². The second-order valence-corrected chi connectivity index (χ2v) is 7.38. The van der Waals surface area contributed by atoms with E-state index in [0.29, 0.717) is 18.7 Å². The molecule has 1 fully saturated rings. The predicted octanol–water partition coefficient (Wildman–Crippen LogP) is 2.78. The Labute approximate surface area is 161 Å². The number of benzene rings is 1. The van der Waals surface area contributed by atoms with Gasteiger partial charge >= 0.3 is 5.97 Å². The fourth-order valence-electron chi connectivity index (χ4n) is 3.16. The highest BCUT2D eigenvalue weighted by Crippen LogP contribution is 2.13. The molecule has 1 heterocycles. The number of amides is 2. The zero-order chi connectivity index (χ0) is 19.8. The Morgan fingerprint density at radius 1 is 0.963 bits per heavy atom. The SMILES string of the molecule is CC(OC(=O)[C@@H](NC(=O)c1ccccc1)C(C)C)C(=O)N1CCCCCC1. The van der Waals surface area contributed by atoms with Crippen molar-refractivity contribution >= 4 is 17.8 Å². The van der Waals surface area contributed by atoms with Gasteiger partial charge in [-0.25, -0.2) is 4.79 Å². The molecule has 6 heteroatoms. The molecule has 27 heavy (non-hydrogen) atoms. The molecule has 0 aliphatic carbocycles. The number of esters is 1. The second kappa shape index (κ2) is 10.1. The molecule has 1 aromatic carbocycles. The summed E-state index contributed by atoms with van der Waals surface area (Å²) in [4.78, 5) is 39.3. The first kappa shape index (κ1) is 20.9. The number of nitrogens with zero attached hydrogens (tertiary/aromatic N) is 1. The molecule has 1 unspecified atom stereocenters. The number of hydrogen-bond acceptors (Lipinski definition) is 4. The lowest BCUT2D eigenvalue weighted by atomic mass is 10.0. The van der Waals surface area contributed by atoms with Crippen LogP contribution in [0.25, 0.3) is 0 Å². The van der Waals surface area contributed by atoms with Crippen LogP contribution in [0.15, 0.2) is 30.3 Å². The fourth-order valence-corrected chi connectivity index (χ4v) is 3.16. The van der Waals surface area contributed by atoms with Crippen LogP contribution in [0.1, 0.15) is 56.8 Å². The maximum absolute atomic E-state index is 12.6. The van der Waals surface area contributed by atoms with E-state index in [4.69, 9.17) is 4.74 Å².